The number of aromatic nitrogens is 1. The second-order valence-electron chi connectivity index (χ2n) is 7.51. The number of amides is 1. The minimum absolute atomic E-state index is 0.0897. The van der Waals surface area contributed by atoms with Gasteiger partial charge in [0.2, 0.25) is 0 Å². The molecule has 1 saturated heterocycles. The van der Waals surface area contributed by atoms with Gasteiger partial charge in [0.15, 0.2) is 0 Å². The van der Waals surface area contributed by atoms with Gasteiger partial charge in [-0.3, -0.25) is 9.59 Å². The van der Waals surface area contributed by atoms with Crippen molar-refractivity contribution in [1.82, 2.24) is 9.88 Å². The maximum atomic E-state index is 13.1. The summed E-state index contributed by atoms with van der Waals surface area (Å²) in [4.78, 5) is 29.9. The normalized spacial score (nSPS) is 25.2. The summed E-state index contributed by atoms with van der Waals surface area (Å²) >= 11 is 0. The molecule has 1 atom stereocenters. The minimum atomic E-state index is -0.130. The van der Waals surface area contributed by atoms with Crippen molar-refractivity contribution in [1.29, 1.82) is 0 Å². The summed E-state index contributed by atoms with van der Waals surface area (Å²) in [5.41, 5.74) is 0.935. The maximum Gasteiger partial charge on any atom is 0.256 e. The smallest absolute Gasteiger partial charge is 0.256 e. The summed E-state index contributed by atoms with van der Waals surface area (Å²) < 4.78 is 0. The van der Waals surface area contributed by atoms with Crippen molar-refractivity contribution in [2.45, 2.75) is 38.1 Å². The van der Waals surface area contributed by atoms with Gasteiger partial charge in [-0.25, -0.2) is 0 Å². The Kier molecular flexibility index (Phi) is 2.59. The summed E-state index contributed by atoms with van der Waals surface area (Å²) in [7, 11) is 0. The highest BCUT2D eigenvalue weighted by molar-refractivity contribution is 6.07. The largest absolute Gasteiger partial charge is 0.334 e. The van der Waals surface area contributed by atoms with Crippen molar-refractivity contribution < 1.29 is 4.79 Å². The van der Waals surface area contributed by atoms with Gasteiger partial charge in [0.25, 0.3) is 11.5 Å². The molecule has 1 amide bonds. The number of carbonyl (C=O) groups is 1. The predicted molar refractivity (Wildman–Crippen MR) is 88.4 cm³/mol. The Morgan fingerprint density at radius 1 is 1.17 bits per heavy atom. The van der Waals surface area contributed by atoms with E-state index in [9.17, 15) is 9.59 Å². The van der Waals surface area contributed by atoms with Gasteiger partial charge in [-0.05, 0) is 37.7 Å². The highest BCUT2D eigenvalue weighted by atomic mass is 16.2. The van der Waals surface area contributed by atoms with Gasteiger partial charge in [0.1, 0.15) is 0 Å². The molecule has 3 aliphatic rings. The van der Waals surface area contributed by atoms with E-state index in [0.29, 0.717) is 28.3 Å². The van der Waals surface area contributed by atoms with E-state index in [0.717, 1.165) is 11.9 Å². The molecule has 2 saturated carbocycles. The standard InChI is InChI=1S/C19H20N2O2/c22-17-14-5-2-1-4-13(14)15(10-20-17)18(23)21-11-19(8-3-9-19)16(21)12-6-7-12/h1-2,4-5,10,12,16H,3,6-9,11H2,(H,20,22). The van der Waals surface area contributed by atoms with E-state index >= 15 is 0 Å². The molecule has 1 aromatic carbocycles. The number of hydrogen-bond donors (Lipinski definition) is 1. The highest BCUT2D eigenvalue weighted by Crippen LogP contribution is 2.59. The third-order valence-electron chi connectivity index (χ3n) is 6.17. The fourth-order valence-corrected chi connectivity index (χ4v) is 4.74. The molecule has 1 unspecified atom stereocenters. The first-order valence-electron chi connectivity index (χ1n) is 8.61. The van der Waals surface area contributed by atoms with Crippen LogP contribution in [-0.2, 0) is 0 Å². The first-order chi connectivity index (χ1) is 11.2. The Hall–Kier alpha value is -2.10. The van der Waals surface area contributed by atoms with E-state index in [4.69, 9.17) is 0 Å². The zero-order valence-electron chi connectivity index (χ0n) is 13.0. The lowest BCUT2D eigenvalue weighted by Crippen LogP contribution is -2.69. The lowest BCUT2D eigenvalue weighted by Gasteiger charge is -2.63. The van der Waals surface area contributed by atoms with Crippen molar-refractivity contribution >= 4 is 16.7 Å². The number of likely N-dealkylation sites (tertiary alicyclic amines) is 1. The fraction of sp³-hybridized carbons (Fsp3) is 0.474. The molecule has 1 spiro atoms. The van der Waals surface area contributed by atoms with Crippen LogP contribution in [0.5, 0.6) is 0 Å². The van der Waals surface area contributed by atoms with Gasteiger partial charge in [-0.1, -0.05) is 24.6 Å². The Morgan fingerprint density at radius 3 is 2.57 bits per heavy atom. The number of nitrogens with zero attached hydrogens (tertiary/aromatic N) is 1. The van der Waals surface area contributed by atoms with E-state index < -0.39 is 0 Å². The summed E-state index contributed by atoms with van der Waals surface area (Å²) in [5.74, 6) is 0.800. The molecule has 2 heterocycles. The first kappa shape index (κ1) is 13.3. The lowest BCUT2D eigenvalue weighted by molar-refractivity contribution is -0.111. The first-order valence-corrected chi connectivity index (χ1v) is 8.61. The second kappa shape index (κ2) is 4.47. The summed E-state index contributed by atoms with van der Waals surface area (Å²) in [5, 5.41) is 1.37. The number of carbonyl (C=O) groups excluding carboxylic acids is 1. The Labute approximate surface area is 134 Å². The van der Waals surface area contributed by atoms with Crippen LogP contribution >= 0.6 is 0 Å². The quantitative estimate of drug-likeness (QED) is 0.927. The molecule has 1 aliphatic heterocycles. The molecule has 2 aliphatic carbocycles. The van der Waals surface area contributed by atoms with Crippen molar-refractivity contribution in [3.63, 3.8) is 0 Å². The zero-order chi connectivity index (χ0) is 15.6. The third-order valence-corrected chi connectivity index (χ3v) is 6.17. The minimum Gasteiger partial charge on any atom is -0.334 e. The maximum absolute atomic E-state index is 13.1. The summed E-state index contributed by atoms with van der Waals surface area (Å²) in [6.45, 7) is 0.903. The molecular formula is C19H20N2O2. The van der Waals surface area contributed by atoms with Crippen molar-refractivity contribution in [2.75, 3.05) is 6.54 Å². The van der Waals surface area contributed by atoms with E-state index in [-0.39, 0.29) is 11.5 Å². The Balaban J connectivity index is 1.54. The Morgan fingerprint density at radius 2 is 1.91 bits per heavy atom. The van der Waals surface area contributed by atoms with Crippen LogP contribution < -0.4 is 5.56 Å². The number of nitrogens with one attached hydrogen (secondary N) is 1. The average molecular weight is 308 g/mol. The van der Waals surface area contributed by atoms with Crippen LogP contribution in [0.2, 0.25) is 0 Å². The van der Waals surface area contributed by atoms with Gasteiger partial charge in [0, 0.05) is 35.0 Å². The van der Waals surface area contributed by atoms with E-state index in [1.165, 1.54) is 32.1 Å². The van der Waals surface area contributed by atoms with Crippen LogP contribution in [0.4, 0.5) is 0 Å². The number of hydrogen-bond acceptors (Lipinski definition) is 2. The van der Waals surface area contributed by atoms with Crippen molar-refractivity contribution in [2.24, 2.45) is 11.3 Å². The summed E-state index contributed by atoms with van der Waals surface area (Å²) in [6.07, 6.45) is 8.01. The molecule has 1 aromatic heterocycles. The number of fused-ring (bicyclic) bond motifs is 1. The molecule has 23 heavy (non-hydrogen) atoms. The highest BCUT2D eigenvalue weighted by Gasteiger charge is 2.61. The summed E-state index contributed by atoms with van der Waals surface area (Å²) in [6, 6.07) is 7.83. The SMILES string of the molecule is O=C(c1c[nH]c(=O)c2ccccc12)N1CC2(CCC2)C1C1CC1. The third kappa shape index (κ3) is 1.78. The lowest BCUT2D eigenvalue weighted by atomic mass is 9.56. The van der Waals surface area contributed by atoms with Gasteiger partial charge in [-0.2, -0.15) is 0 Å². The van der Waals surface area contributed by atoms with Gasteiger partial charge >= 0.3 is 0 Å². The number of pyridine rings is 1. The molecule has 4 heteroatoms. The Bertz CT molecular complexity index is 861. The van der Waals surface area contributed by atoms with E-state index in [1.54, 1.807) is 12.3 Å². The van der Waals surface area contributed by atoms with Crippen LogP contribution in [0.25, 0.3) is 10.8 Å². The number of rotatable bonds is 2. The number of H-pyrrole nitrogens is 1. The molecule has 4 nitrogen and oxygen atoms in total. The van der Waals surface area contributed by atoms with Crippen LogP contribution in [0.15, 0.2) is 35.3 Å². The molecule has 0 bridgehead atoms. The van der Waals surface area contributed by atoms with Gasteiger partial charge < -0.3 is 9.88 Å². The van der Waals surface area contributed by atoms with Crippen LogP contribution in [0, 0.1) is 11.3 Å². The van der Waals surface area contributed by atoms with Crippen LogP contribution in [0.1, 0.15) is 42.5 Å². The second-order valence-corrected chi connectivity index (χ2v) is 7.51. The zero-order valence-corrected chi connectivity index (χ0v) is 13.0. The fourth-order valence-electron chi connectivity index (χ4n) is 4.74. The average Bonchev–Trinajstić information content (AvgIpc) is 3.30. The molecule has 118 valence electrons. The molecular weight excluding hydrogens is 288 g/mol. The molecule has 3 fully saturated rings. The van der Waals surface area contributed by atoms with E-state index in [1.807, 2.05) is 18.2 Å². The van der Waals surface area contributed by atoms with Gasteiger partial charge in [-0.15, -0.1) is 0 Å². The molecule has 0 radical (unpaired) electrons. The molecule has 1 N–H and O–H groups in total. The number of aromatic amines is 1. The molecule has 5 rings (SSSR count). The van der Waals surface area contributed by atoms with Crippen LogP contribution in [-0.4, -0.2) is 28.4 Å². The monoisotopic (exact) mass is 308 g/mol. The molecule has 2 aromatic rings. The van der Waals surface area contributed by atoms with Crippen LogP contribution in [0.3, 0.4) is 0 Å². The number of benzene rings is 1. The predicted octanol–water partition coefficient (Wildman–Crippen LogP) is 2.93. The van der Waals surface area contributed by atoms with E-state index in [2.05, 4.69) is 9.88 Å². The topological polar surface area (TPSA) is 53.2 Å². The van der Waals surface area contributed by atoms with Crippen molar-refractivity contribution in [3.8, 4) is 0 Å². The van der Waals surface area contributed by atoms with Crippen molar-refractivity contribution in [3.05, 3.63) is 46.4 Å². The van der Waals surface area contributed by atoms with Gasteiger partial charge in [0.05, 0.1) is 5.56 Å².